The van der Waals surface area contributed by atoms with Crippen molar-refractivity contribution in [3.63, 3.8) is 0 Å². The molecule has 3 aliphatic rings. The van der Waals surface area contributed by atoms with Gasteiger partial charge in [0.05, 0.1) is 19.8 Å². The monoisotopic (exact) mass is 280 g/mol. The first-order valence-electron chi connectivity index (χ1n) is 8.34. The number of amides is 1. The van der Waals surface area contributed by atoms with Crippen molar-refractivity contribution in [2.45, 2.75) is 63.5 Å². The summed E-state index contributed by atoms with van der Waals surface area (Å²) >= 11 is 0. The molecule has 0 unspecified atom stereocenters. The maximum atomic E-state index is 12.7. The van der Waals surface area contributed by atoms with Crippen molar-refractivity contribution in [1.29, 1.82) is 0 Å². The van der Waals surface area contributed by atoms with E-state index in [-0.39, 0.29) is 5.54 Å². The van der Waals surface area contributed by atoms with Crippen LogP contribution in [0.15, 0.2) is 0 Å². The van der Waals surface area contributed by atoms with Gasteiger partial charge >= 0.3 is 0 Å². The van der Waals surface area contributed by atoms with Crippen LogP contribution in [0.3, 0.4) is 0 Å². The van der Waals surface area contributed by atoms with Gasteiger partial charge in [0.1, 0.15) is 0 Å². The Morgan fingerprint density at radius 1 is 1.20 bits per heavy atom. The highest BCUT2D eigenvalue weighted by molar-refractivity contribution is 5.78. The van der Waals surface area contributed by atoms with Gasteiger partial charge in [0.15, 0.2) is 0 Å². The summed E-state index contributed by atoms with van der Waals surface area (Å²) in [6, 6.07) is 0.428. The van der Waals surface area contributed by atoms with E-state index in [1.54, 1.807) is 0 Å². The van der Waals surface area contributed by atoms with E-state index in [2.05, 4.69) is 16.7 Å². The number of piperidine rings is 1. The first-order valence-corrected chi connectivity index (χ1v) is 8.34. The van der Waals surface area contributed by atoms with E-state index in [4.69, 9.17) is 4.74 Å². The molecule has 3 rings (SSSR count). The molecule has 2 saturated heterocycles. The zero-order valence-electron chi connectivity index (χ0n) is 12.8. The van der Waals surface area contributed by atoms with Crippen LogP contribution in [0.5, 0.6) is 0 Å². The van der Waals surface area contributed by atoms with Gasteiger partial charge in [-0.25, -0.2) is 0 Å². The fourth-order valence-electron chi connectivity index (χ4n) is 4.23. The molecule has 114 valence electrons. The number of morpholine rings is 1. The highest BCUT2D eigenvalue weighted by Gasteiger charge is 2.43. The van der Waals surface area contributed by atoms with Gasteiger partial charge in [0.2, 0.25) is 5.91 Å². The minimum absolute atomic E-state index is 0.174. The van der Waals surface area contributed by atoms with Crippen LogP contribution in [-0.4, -0.2) is 60.1 Å². The predicted octanol–water partition coefficient (Wildman–Crippen LogP) is 2.03. The molecule has 4 nitrogen and oxygen atoms in total. The minimum Gasteiger partial charge on any atom is -0.378 e. The van der Waals surface area contributed by atoms with E-state index in [1.165, 1.54) is 44.9 Å². The molecule has 0 bridgehead atoms. The lowest BCUT2D eigenvalue weighted by Crippen LogP contribution is -2.58. The first-order chi connectivity index (χ1) is 9.71. The van der Waals surface area contributed by atoms with Crippen molar-refractivity contribution in [3.05, 3.63) is 0 Å². The lowest BCUT2D eigenvalue weighted by Gasteiger charge is -2.45. The van der Waals surface area contributed by atoms with Crippen molar-refractivity contribution in [1.82, 2.24) is 9.80 Å². The summed E-state index contributed by atoms with van der Waals surface area (Å²) in [6.07, 6.45) is 8.59. The Hall–Kier alpha value is -0.610. The summed E-state index contributed by atoms with van der Waals surface area (Å²) in [5, 5.41) is 0. The topological polar surface area (TPSA) is 32.8 Å². The van der Waals surface area contributed by atoms with E-state index >= 15 is 0 Å². The van der Waals surface area contributed by atoms with Crippen LogP contribution < -0.4 is 0 Å². The van der Waals surface area contributed by atoms with Gasteiger partial charge in [-0.15, -0.1) is 0 Å². The van der Waals surface area contributed by atoms with Gasteiger partial charge in [-0.05, 0) is 39.0 Å². The Labute approximate surface area is 122 Å². The van der Waals surface area contributed by atoms with Crippen LogP contribution >= 0.6 is 0 Å². The molecular weight excluding hydrogens is 252 g/mol. The molecule has 2 aliphatic heterocycles. The van der Waals surface area contributed by atoms with Crippen molar-refractivity contribution in [2.75, 3.05) is 32.8 Å². The molecule has 4 heteroatoms. The molecule has 0 radical (unpaired) electrons. The van der Waals surface area contributed by atoms with Crippen LogP contribution in [0.2, 0.25) is 0 Å². The molecule has 2 heterocycles. The summed E-state index contributed by atoms with van der Waals surface area (Å²) < 4.78 is 5.72. The Bertz CT molecular complexity index is 352. The van der Waals surface area contributed by atoms with Crippen molar-refractivity contribution in [2.24, 2.45) is 0 Å². The van der Waals surface area contributed by atoms with Crippen molar-refractivity contribution in [3.8, 4) is 0 Å². The molecule has 0 N–H and O–H groups in total. The number of rotatable bonds is 2. The summed E-state index contributed by atoms with van der Waals surface area (Å²) in [5.41, 5.74) is 0.174. The average Bonchev–Trinajstić information content (AvgIpc) is 2.91. The number of carbonyl (C=O) groups is 1. The zero-order chi connectivity index (χ0) is 14.0. The number of likely N-dealkylation sites (tertiary alicyclic amines) is 1. The Kier molecular flexibility index (Phi) is 4.32. The van der Waals surface area contributed by atoms with E-state index in [0.29, 0.717) is 18.5 Å². The van der Waals surface area contributed by atoms with Crippen molar-refractivity contribution >= 4 is 5.91 Å². The number of ether oxygens (including phenoxy) is 1. The normalized spacial score (nSPS) is 30.9. The third-order valence-electron chi connectivity index (χ3n) is 5.53. The van der Waals surface area contributed by atoms with E-state index in [0.717, 1.165) is 26.3 Å². The molecule has 3 fully saturated rings. The minimum atomic E-state index is 0.174. The number of hydrogen-bond acceptors (Lipinski definition) is 3. The predicted molar refractivity (Wildman–Crippen MR) is 78.6 cm³/mol. The first kappa shape index (κ1) is 14.3. The summed E-state index contributed by atoms with van der Waals surface area (Å²) in [4.78, 5) is 17.2. The quantitative estimate of drug-likeness (QED) is 0.776. The number of nitrogens with zero attached hydrogens (tertiary/aromatic N) is 2. The molecule has 1 spiro atoms. The fourth-order valence-corrected chi connectivity index (χ4v) is 4.23. The molecular formula is C16H28N2O2. The van der Waals surface area contributed by atoms with Crippen LogP contribution in [0.25, 0.3) is 0 Å². The van der Waals surface area contributed by atoms with Gasteiger partial charge in [-0.2, -0.15) is 0 Å². The van der Waals surface area contributed by atoms with Crippen LogP contribution in [0.1, 0.15) is 51.9 Å². The average molecular weight is 280 g/mol. The highest BCUT2D eigenvalue weighted by atomic mass is 16.5. The molecule has 0 aromatic carbocycles. The standard InChI is InChI=1S/C16H28N2O2/c1-14-6-2-5-9-18(14)15(19)12-17-10-11-20-13-16(17)7-3-4-8-16/h14H,2-13H2,1H3/t14-/m0/s1. The van der Waals surface area contributed by atoms with E-state index in [9.17, 15) is 4.79 Å². The SMILES string of the molecule is C[C@H]1CCCCN1C(=O)CN1CCOCC12CCCC2. The lowest BCUT2D eigenvalue weighted by molar-refractivity contribution is -0.141. The largest absolute Gasteiger partial charge is 0.378 e. The van der Waals surface area contributed by atoms with E-state index < -0.39 is 0 Å². The fraction of sp³-hybridized carbons (Fsp3) is 0.938. The Balaban J connectivity index is 1.64. The second-order valence-electron chi connectivity index (χ2n) is 6.84. The molecule has 1 amide bonds. The molecule has 0 aromatic rings. The molecule has 1 atom stereocenters. The van der Waals surface area contributed by atoms with Gasteiger partial charge in [0.25, 0.3) is 0 Å². The lowest BCUT2D eigenvalue weighted by atomic mass is 9.94. The third-order valence-corrected chi connectivity index (χ3v) is 5.53. The van der Waals surface area contributed by atoms with Gasteiger partial charge < -0.3 is 9.64 Å². The van der Waals surface area contributed by atoms with Gasteiger partial charge in [0, 0.05) is 24.7 Å². The highest BCUT2D eigenvalue weighted by Crippen LogP contribution is 2.37. The summed E-state index contributed by atoms with van der Waals surface area (Å²) in [5.74, 6) is 0.338. The van der Waals surface area contributed by atoms with E-state index in [1.807, 2.05) is 0 Å². The molecule has 0 aromatic heterocycles. The summed E-state index contributed by atoms with van der Waals surface area (Å²) in [7, 11) is 0. The smallest absolute Gasteiger partial charge is 0.237 e. The maximum Gasteiger partial charge on any atom is 0.237 e. The number of hydrogen-bond donors (Lipinski definition) is 0. The Morgan fingerprint density at radius 2 is 2.00 bits per heavy atom. The van der Waals surface area contributed by atoms with Gasteiger partial charge in [-0.3, -0.25) is 9.69 Å². The van der Waals surface area contributed by atoms with Crippen LogP contribution in [0.4, 0.5) is 0 Å². The Morgan fingerprint density at radius 3 is 2.75 bits per heavy atom. The molecule has 1 saturated carbocycles. The third kappa shape index (κ3) is 2.73. The summed E-state index contributed by atoms with van der Waals surface area (Å²) in [6.45, 7) is 6.29. The van der Waals surface area contributed by atoms with Gasteiger partial charge in [-0.1, -0.05) is 12.8 Å². The number of carbonyl (C=O) groups excluding carboxylic acids is 1. The molecule has 1 aliphatic carbocycles. The molecule has 20 heavy (non-hydrogen) atoms. The van der Waals surface area contributed by atoms with Crippen LogP contribution in [0, 0.1) is 0 Å². The zero-order valence-corrected chi connectivity index (χ0v) is 12.8. The van der Waals surface area contributed by atoms with Crippen molar-refractivity contribution < 1.29 is 9.53 Å². The second-order valence-corrected chi connectivity index (χ2v) is 6.84. The second kappa shape index (κ2) is 6.02. The maximum absolute atomic E-state index is 12.7. The van der Waals surface area contributed by atoms with Crippen LogP contribution in [-0.2, 0) is 9.53 Å².